The van der Waals surface area contributed by atoms with Crippen molar-refractivity contribution < 1.29 is 13.6 Å². The summed E-state index contributed by atoms with van der Waals surface area (Å²) in [6, 6.07) is 9.94. The van der Waals surface area contributed by atoms with Crippen LogP contribution in [0, 0.1) is 11.6 Å². The molecule has 0 aliphatic carbocycles. The first-order valence-corrected chi connectivity index (χ1v) is 10.1. The lowest BCUT2D eigenvalue weighted by atomic mass is 10.1. The van der Waals surface area contributed by atoms with Crippen LogP contribution in [0.3, 0.4) is 0 Å². The van der Waals surface area contributed by atoms with Gasteiger partial charge < -0.3 is 4.90 Å². The quantitative estimate of drug-likeness (QED) is 0.528. The van der Waals surface area contributed by atoms with Gasteiger partial charge in [0, 0.05) is 19.0 Å². The van der Waals surface area contributed by atoms with Gasteiger partial charge in [-0.2, -0.15) is 5.10 Å². The maximum Gasteiger partial charge on any atom is 0.275 e. The Hall–Kier alpha value is -3.09. The molecule has 0 saturated carbocycles. The predicted octanol–water partition coefficient (Wildman–Crippen LogP) is 4.70. The van der Waals surface area contributed by atoms with E-state index in [0.29, 0.717) is 22.9 Å². The van der Waals surface area contributed by atoms with Gasteiger partial charge in [-0.3, -0.25) is 9.59 Å². The predicted molar refractivity (Wildman–Crippen MR) is 112 cm³/mol. The molecule has 5 nitrogen and oxygen atoms in total. The molecule has 0 saturated heterocycles. The highest BCUT2D eigenvalue weighted by Crippen LogP contribution is 2.24. The van der Waals surface area contributed by atoms with Crippen molar-refractivity contribution in [3.63, 3.8) is 0 Å². The highest BCUT2D eigenvalue weighted by Gasteiger charge is 2.24. The minimum absolute atomic E-state index is 0.165. The van der Waals surface area contributed by atoms with E-state index in [2.05, 4.69) is 12.0 Å². The van der Waals surface area contributed by atoms with Crippen molar-refractivity contribution in [1.29, 1.82) is 0 Å². The Morgan fingerprint density at radius 1 is 1.10 bits per heavy atom. The molecule has 1 amide bonds. The Labute approximate surface area is 173 Å². The normalized spacial score (nSPS) is 12.2. The van der Waals surface area contributed by atoms with Gasteiger partial charge >= 0.3 is 0 Å². The van der Waals surface area contributed by atoms with Gasteiger partial charge in [0.05, 0.1) is 11.4 Å². The summed E-state index contributed by atoms with van der Waals surface area (Å²) < 4.78 is 28.3. The molecule has 2 aromatic carbocycles. The second-order valence-corrected chi connectivity index (χ2v) is 7.40. The minimum atomic E-state index is -0.965. The fraction of sp³-hybridized carbons (Fsp3) is 0.348. The molecule has 1 heterocycles. The second kappa shape index (κ2) is 9.15. The summed E-state index contributed by atoms with van der Waals surface area (Å²) in [6.45, 7) is 4.23. The summed E-state index contributed by atoms with van der Waals surface area (Å²) >= 11 is 0. The zero-order chi connectivity index (χ0) is 21.8. The van der Waals surface area contributed by atoms with Crippen LogP contribution in [-0.4, -0.2) is 27.6 Å². The summed E-state index contributed by atoms with van der Waals surface area (Å²) in [7, 11) is 1.58. The number of hydrogen-bond donors (Lipinski definition) is 0. The summed E-state index contributed by atoms with van der Waals surface area (Å²) in [4.78, 5) is 27.5. The number of rotatable bonds is 7. The molecule has 158 valence electrons. The van der Waals surface area contributed by atoms with E-state index in [1.54, 1.807) is 38.2 Å². The topological polar surface area (TPSA) is 55.2 Å². The number of unbranched alkanes of at least 4 members (excludes halogenated alkanes) is 2. The van der Waals surface area contributed by atoms with Crippen molar-refractivity contribution in [3.05, 3.63) is 75.7 Å². The third-order valence-electron chi connectivity index (χ3n) is 5.37. The van der Waals surface area contributed by atoms with Crippen molar-refractivity contribution >= 4 is 16.7 Å². The van der Waals surface area contributed by atoms with Crippen molar-refractivity contribution in [2.75, 3.05) is 7.05 Å². The van der Waals surface area contributed by atoms with E-state index in [1.807, 2.05) is 0 Å². The maximum atomic E-state index is 13.7. The zero-order valence-corrected chi connectivity index (χ0v) is 17.4. The van der Waals surface area contributed by atoms with Crippen LogP contribution < -0.4 is 5.56 Å². The average Bonchev–Trinajstić information content (AvgIpc) is 2.76. The fourth-order valence-corrected chi connectivity index (χ4v) is 3.40. The first kappa shape index (κ1) is 21.6. The molecule has 1 aromatic heterocycles. The van der Waals surface area contributed by atoms with Gasteiger partial charge in [0.2, 0.25) is 0 Å². The lowest BCUT2D eigenvalue weighted by Crippen LogP contribution is -2.33. The third kappa shape index (κ3) is 4.25. The Bertz CT molecular complexity index is 1130. The number of halogens is 2. The number of aromatic nitrogens is 2. The summed E-state index contributed by atoms with van der Waals surface area (Å²) in [5.74, 6) is -2.30. The molecular weight excluding hydrogens is 388 g/mol. The van der Waals surface area contributed by atoms with E-state index in [1.165, 1.54) is 15.6 Å². The van der Waals surface area contributed by atoms with E-state index in [-0.39, 0.29) is 11.3 Å². The molecule has 0 N–H and O–H groups in total. The molecule has 0 radical (unpaired) electrons. The van der Waals surface area contributed by atoms with Crippen molar-refractivity contribution in [2.45, 2.75) is 45.7 Å². The number of fused-ring (bicyclic) bond motifs is 1. The summed E-state index contributed by atoms with van der Waals surface area (Å²) in [6.07, 6.45) is 2.75. The smallest absolute Gasteiger partial charge is 0.275 e. The standard InChI is InChI=1S/C23H25F2N3O2/c1-4-5-8-13-28-22(29)18-10-7-6-9-17(18)21(26-28)23(30)27(3)15(2)16-11-12-19(24)20(25)14-16/h6-7,9-12,14-15H,4-5,8,13H2,1-3H3. The highest BCUT2D eigenvalue weighted by atomic mass is 19.2. The largest absolute Gasteiger partial charge is 0.334 e. The first-order chi connectivity index (χ1) is 14.3. The van der Waals surface area contributed by atoms with E-state index >= 15 is 0 Å². The number of amides is 1. The maximum absolute atomic E-state index is 13.7. The number of carbonyl (C=O) groups is 1. The van der Waals surface area contributed by atoms with E-state index < -0.39 is 23.6 Å². The van der Waals surface area contributed by atoms with Crippen molar-refractivity contribution in [3.8, 4) is 0 Å². The molecule has 0 aliphatic heterocycles. The summed E-state index contributed by atoms with van der Waals surface area (Å²) in [5, 5.41) is 5.29. The third-order valence-corrected chi connectivity index (χ3v) is 5.37. The first-order valence-electron chi connectivity index (χ1n) is 10.1. The molecule has 0 aliphatic rings. The van der Waals surface area contributed by atoms with Crippen LogP contribution in [0.5, 0.6) is 0 Å². The monoisotopic (exact) mass is 413 g/mol. The van der Waals surface area contributed by atoms with Crippen LogP contribution in [0.2, 0.25) is 0 Å². The molecule has 7 heteroatoms. The zero-order valence-electron chi connectivity index (χ0n) is 17.4. The summed E-state index contributed by atoms with van der Waals surface area (Å²) in [5.41, 5.74) is 0.401. The van der Waals surface area contributed by atoms with Crippen LogP contribution in [0.4, 0.5) is 8.78 Å². The molecular formula is C23H25F2N3O2. The van der Waals surface area contributed by atoms with E-state index in [9.17, 15) is 18.4 Å². The Kier molecular flexibility index (Phi) is 6.59. The Morgan fingerprint density at radius 3 is 2.47 bits per heavy atom. The van der Waals surface area contributed by atoms with Crippen LogP contribution in [0.15, 0.2) is 47.3 Å². The lowest BCUT2D eigenvalue weighted by molar-refractivity contribution is 0.0735. The Balaban J connectivity index is 2.01. The number of aryl methyl sites for hydroxylation is 1. The van der Waals surface area contributed by atoms with Crippen LogP contribution in [0.1, 0.15) is 55.2 Å². The van der Waals surface area contributed by atoms with Gasteiger partial charge in [0.15, 0.2) is 17.3 Å². The van der Waals surface area contributed by atoms with Crippen LogP contribution in [-0.2, 0) is 6.54 Å². The van der Waals surface area contributed by atoms with Gasteiger partial charge in [-0.25, -0.2) is 13.5 Å². The molecule has 0 spiro atoms. The van der Waals surface area contributed by atoms with Gasteiger partial charge in [0.25, 0.3) is 11.5 Å². The van der Waals surface area contributed by atoms with Crippen LogP contribution >= 0.6 is 0 Å². The molecule has 3 aromatic rings. The number of nitrogens with zero attached hydrogens (tertiary/aromatic N) is 3. The molecule has 1 atom stereocenters. The van der Waals surface area contributed by atoms with Gasteiger partial charge in [0.1, 0.15) is 0 Å². The molecule has 0 bridgehead atoms. The Morgan fingerprint density at radius 2 is 1.80 bits per heavy atom. The molecule has 3 rings (SSSR count). The van der Waals surface area contributed by atoms with Gasteiger partial charge in [-0.1, -0.05) is 44.0 Å². The van der Waals surface area contributed by atoms with Crippen LogP contribution in [0.25, 0.3) is 10.8 Å². The van der Waals surface area contributed by atoms with Gasteiger partial charge in [-0.05, 0) is 37.1 Å². The highest BCUT2D eigenvalue weighted by molar-refractivity contribution is 6.04. The van der Waals surface area contributed by atoms with Gasteiger partial charge in [-0.15, -0.1) is 0 Å². The number of hydrogen-bond acceptors (Lipinski definition) is 3. The van der Waals surface area contributed by atoms with E-state index in [0.717, 1.165) is 31.4 Å². The molecule has 1 unspecified atom stereocenters. The number of benzene rings is 2. The average molecular weight is 413 g/mol. The van der Waals surface area contributed by atoms with Crippen molar-refractivity contribution in [1.82, 2.24) is 14.7 Å². The minimum Gasteiger partial charge on any atom is -0.334 e. The van der Waals surface area contributed by atoms with E-state index in [4.69, 9.17) is 0 Å². The van der Waals surface area contributed by atoms with Crippen molar-refractivity contribution in [2.24, 2.45) is 0 Å². The number of carbonyl (C=O) groups excluding carboxylic acids is 1. The molecule has 30 heavy (non-hydrogen) atoms. The lowest BCUT2D eigenvalue weighted by Gasteiger charge is -2.26. The second-order valence-electron chi connectivity index (χ2n) is 7.40. The SMILES string of the molecule is CCCCCn1nc(C(=O)N(C)C(C)c2ccc(F)c(F)c2)c2ccccc2c1=O. The fourth-order valence-electron chi connectivity index (χ4n) is 3.40. The molecule has 0 fully saturated rings.